The number of carbonyl (C=O) groups is 3. The van der Waals surface area contributed by atoms with E-state index in [1.54, 1.807) is 0 Å². The third-order valence-corrected chi connectivity index (χ3v) is 5.99. The van der Waals surface area contributed by atoms with Crippen molar-refractivity contribution < 1.29 is 42.3 Å². The monoisotopic (exact) mass is 478 g/mol. The van der Waals surface area contributed by atoms with Gasteiger partial charge in [0.25, 0.3) is 10.1 Å². The van der Waals surface area contributed by atoms with Gasteiger partial charge in [-0.1, -0.05) is 64.0 Å². The minimum atomic E-state index is -4.99. The fourth-order valence-electron chi connectivity index (χ4n) is 3.06. The molecular formula is C22H38O9S. The predicted octanol–water partition coefficient (Wildman–Crippen LogP) is 3.80. The average Bonchev–Trinajstić information content (AvgIpc) is 2.69. The maximum Gasteiger partial charge on any atom is 0.335 e. The highest BCUT2D eigenvalue weighted by atomic mass is 32.2. The van der Waals surface area contributed by atoms with Crippen LogP contribution in [0.25, 0.3) is 0 Å². The minimum Gasteiger partial charge on any atom is -0.481 e. The minimum absolute atomic E-state index is 0.104. The van der Waals surface area contributed by atoms with Gasteiger partial charge in [0.2, 0.25) is 0 Å². The molecule has 0 radical (unpaired) electrons. The maximum atomic E-state index is 11.6. The second-order valence-corrected chi connectivity index (χ2v) is 9.51. The lowest BCUT2D eigenvalue weighted by Gasteiger charge is -2.10. The van der Waals surface area contributed by atoms with Crippen LogP contribution in [0.1, 0.15) is 96.8 Å². The number of unbranched alkanes of at least 4 members (excludes halogenated alkanes) is 8. The van der Waals surface area contributed by atoms with Crippen molar-refractivity contribution in [3.63, 3.8) is 0 Å². The Balaban J connectivity index is 3.84. The standard InChI is InChI=1S/C22H38O9S/c1-2-3-4-11-14-18(23)15-12-9-7-5-6-8-10-13-16-21(26)31-22(27)19(17-20(24)25)32(28,29)30/h9,12,18-19,23H,2-8,10-11,13-17H2,1H3,(H,24,25)(H,28,29,30)/b12-9-/t18-,19?/m1/s1. The molecule has 1 unspecified atom stereocenters. The molecule has 0 aromatic carbocycles. The van der Waals surface area contributed by atoms with Gasteiger partial charge in [-0.3, -0.25) is 18.9 Å². The molecule has 0 rings (SSSR count). The molecule has 32 heavy (non-hydrogen) atoms. The number of hydrogen-bond acceptors (Lipinski definition) is 7. The van der Waals surface area contributed by atoms with Crippen LogP contribution in [0.2, 0.25) is 0 Å². The number of carboxylic acid groups (broad SMARTS) is 1. The van der Waals surface area contributed by atoms with Crippen LogP contribution in [0.15, 0.2) is 12.2 Å². The fourth-order valence-corrected chi connectivity index (χ4v) is 3.70. The van der Waals surface area contributed by atoms with Crippen LogP contribution < -0.4 is 0 Å². The number of aliphatic hydroxyl groups is 1. The summed E-state index contributed by atoms with van der Waals surface area (Å²) in [7, 11) is -4.99. The maximum absolute atomic E-state index is 11.6. The highest BCUT2D eigenvalue weighted by Crippen LogP contribution is 2.12. The first-order valence-electron chi connectivity index (χ1n) is 11.3. The van der Waals surface area contributed by atoms with E-state index >= 15 is 0 Å². The zero-order chi connectivity index (χ0) is 24.4. The summed E-state index contributed by atoms with van der Waals surface area (Å²) in [5.41, 5.74) is 0. The van der Waals surface area contributed by atoms with Gasteiger partial charge >= 0.3 is 17.9 Å². The van der Waals surface area contributed by atoms with Gasteiger partial charge in [-0.15, -0.1) is 0 Å². The van der Waals surface area contributed by atoms with E-state index in [1.165, 1.54) is 19.3 Å². The number of aliphatic hydroxyl groups excluding tert-OH is 1. The van der Waals surface area contributed by atoms with Crippen molar-refractivity contribution in [1.29, 1.82) is 0 Å². The predicted molar refractivity (Wildman–Crippen MR) is 120 cm³/mol. The molecule has 2 atom stereocenters. The van der Waals surface area contributed by atoms with Crippen LogP contribution >= 0.6 is 0 Å². The van der Waals surface area contributed by atoms with Gasteiger partial charge in [0, 0.05) is 6.42 Å². The van der Waals surface area contributed by atoms with E-state index in [2.05, 4.69) is 17.7 Å². The molecular weight excluding hydrogens is 440 g/mol. The molecule has 0 heterocycles. The first-order valence-corrected chi connectivity index (χ1v) is 12.8. The zero-order valence-electron chi connectivity index (χ0n) is 18.9. The lowest BCUT2D eigenvalue weighted by molar-refractivity contribution is -0.160. The Hall–Kier alpha value is -1.78. The Morgan fingerprint density at radius 1 is 0.938 bits per heavy atom. The summed E-state index contributed by atoms with van der Waals surface area (Å²) in [6.07, 6.45) is 13.6. The lowest BCUT2D eigenvalue weighted by Crippen LogP contribution is -2.35. The van der Waals surface area contributed by atoms with E-state index in [4.69, 9.17) is 9.66 Å². The van der Waals surface area contributed by atoms with Crippen molar-refractivity contribution in [2.45, 2.75) is 108 Å². The third kappa shape index (κ3) is 16.9. The van der Waals surface area contributed by atoms with Gasteiger partial charge in [-0.2, -0.15) is 8.42 Å². The molecule has 0 aliphatic carbocycles. The van der Waals surface area contributed by atoms with Crippen LogP contribution in [0.5, 0.6) is 0 Å². The quantitative estimate of drug-likeness (QED) is 0.0826. The zero-order valence-corrected chi connectivity index (χ0v) is 19.7. The molecule has 0 saturated heterocycles. The Kier molecular flexibility index (Phi) is 16.8. The summed E-state index contributed by atoms with van der Waals surface area (Å²) in [6, 6.07) is 0. The summed E-state index contributed by atoms with van der Waals surface area (Å²) >= 11 is 0. The van der Waals surface area contributed by atoms with Crippen molar-refractivity contribution in [3.05, 3.63) is 12.2 Å². The van der Waals surface area contributed by atoms with Gasteiger partial charge in [0.15, 0.2) is 5.25 Å². The van der Waals surface area contributed by atoms with Gasteiger partial charge in [-0.25, -0.2) is 0 Å². The van der Waals surface area contributed by atoms with Crippen molar-refractivity contribution in [3.8, 4) is 0 Å². The average molecular weight is 479 g/mol. The number of carboxylic acids is 1. The molecule has 0 aromatic rings. The Morgan fingerprint density at radius 3 is 2.19 bits per heavy atom. The number of rotatable bonds is 19. The van der Waals surface area contributed by atoms with E-state index in [1.807, 2.05) is 6.08 Å². The summed E-state index contributed by atoms with van der Waals surface area (Å²) in [5, 5.41) is 16.2. The Labute approximate surface area is 191 Å². The van der Waals surface area contributed by atoms with Crippen LogP contribution in [0, 0.1) is 0 Å². The Morgan fingerprint density at radius 2 is 1.56 bits per heavy atom. The largest absolute Gasteiger partial charge is 0.481 e. The number of aliphatic carboxylic acids is 1. The van der Waals surface area contributed by atoms with Crippen LogP contribution in [-0.4, -0.2) is 52.4 Å². The summed E-state index contributed by atoms with van der Waals surface area (Å²) < 4.78 is 35.4. The Bertz CT molecular complexity index is 686. The van der Waals surface area contributed by atoms with Crippen LogP contribution in [0.3, 0.4) is 0 Å². The molecule has 10 heteroatoms. The molecule has 186 valence electrons. The van der Waals surface area contributed by atoms with Gasteiger partial charge in [0.05, 0.1) is 12.5 Å². The van der Waals surface area contributed by atoms with Crippen molar-refractivity contribution >= 4 is 28.0 Å². The van der Waals surface area contributed by atoms with E-state index in [0.717, 1.165) is 44.9 Å². The number of hydrogen-bond donors (Lipinski definition) is 3. The number of carbonyl (C=O) groups excluding carboxylic acids is 2. The molecule has 0 fully saturated rings. The molecule has 0 saturated carbocycles. The molecule has 0 amide bonds. The number of ether oxygens (including phenoxy) is 1. The summed E-state index contributed by atoms with van der Waals surface area (Å²) in [5.74, 6) is -4.16. The smallest absolute Gasteiger partial charge is 0.335 e. The SMILES string of the molecule is CCCCCC[C@@H](O)C/C=C\CCCCCCCC(=O)OC(=O)C(CC(=O)O)S(=O)(=O)O. The van der Waals surface area contributed by atoms with E-state index < -0.39 is 39.7 Å². The molecule has 9 nitrogen and oxygen atoms in total. The van der Waals surface area contributed by atoms with E-state index in [-0.39, 0.29) is 12.5 Å². The van der Waals surface area contributed by atoms with Gasteiger partial charge in [-0.05, 0) is 32.1 Å². The lowest BCUT2D eigenvalue weighted by atomic mass is 10.1. The molecule has 0 bridgehead atoms. The van der Waals surface area contributed by atoms with Gasteiger partial charge < -0.3 is 14.9 Å². The second kappa shape index (κ2) is 17.7. The molecule has 0 aliphatic rings. The number of esters is 2. The fraction of sp³-hybridized carbons (Fsp3) is 0.773. The highest BCUT2D eigenvalue weighted by molar-refractivity contribution is 7.87. The second-order valence-electron chi connectivity index (χ2n) is 7.91. The van der Waals surface area contributed by atoms with E-state index in [0.29, 0.717) is 12.8 Å². The first-order chi connectivity index (χ1) is 15.1. The summed E-state index contributed by atoms with van der Waals surface area (Å²) in [6.45, 7) is 2.16. The summed E-state index contributed by atoms with van der Waals surface area (Å²) in [4.78, 5) is 33.9. The van der Waals surface area contributed by atoms with E-state index in [9.17, 15) is 27.9 Å². The molecule has 0 aliphatic heterocycles. The normalized spacial score (nSPS) is 13.7. The first kappa shape index (κ1) is 30.2. The van der Waals surface area contributed by atoms with Crippen molar-refractivity contribution in [1.82, 2.24) is 0 Å². The van der Waals surface area contributed by atoms with Crippen LogP contribution in [0.4, 0.5) is 0 Å². The van der Waals surface area contributed by atoms with Crippen molar-refractivity contribution in [2.24, 2.45) is 0 Å². The molecule has 3 N–H and O–H groups in total. The third-order valence-electron chi connectivity index (χ3n) is 4.91. The molecule has 0 aromatic heterocycles. The highest BCUT2D eigenvalue weighted by Gasteiger charge is 2.36. The van der Waals surface area contributed by atoms with Crippen LogP contribution in [-0.2, 0) is 29.2 Å². The molecule has 0 spiro atoms. The topological polar surface area (TPSA) is 155 Å². The van der Waals surface area contributed by atoms with Crippen molar-refractivity contribution in [2.75, 3.05) is 0 Å². The number of allylic oxidation sites excluding steroid dienone is 1. The van der Waals surface area contributed by atoms with Gasteiger partial charge in [0.1, 0.15) is 0 Å².